The number of rotatable bonds is 7. The van der Waals surface area contributed by atoms with Gasteiger partial charge in [0.25, 0.3) is 0 Å². The van der Waals surface area contributed by atoms with Crippen LogP contribution < -0.4 is 5.32 Å². The Labute approximate surface area is 113 Å². The number of nitrogens with one attached hydrogen (secondary N) is 1. The first kappa shape index (κ1) is 13.1. The number of hydrogen-bond acceptors (Lipinski definition) is 1. The van der Waals surface area contributed by atoms with E-state index in [0.717, 1.165) is 12.5 Å². The van der Waals surface area contributed by atoms with E-state index in [-0.39, 0.29) is 0 Å². The summed E-state index contributed by atoms with van der Waals surface area (Å²) in [6.45, 7) is 3.33. The minimum absolute atomic E-state index is 0.520. The van der Waals surface area contributed by atoms with E-state index in [1.165, 1.54) is 42.1 Å². The molecule has 2 heteroatoms. The molecule has 1 aliphatic rings. The van der Waals surface area contributed by atoms with Crippen LogP contribution in [-0.2, 0) is 0 Å². The number of benzene rings is 1. The summed E-state index contributed by atoms with van der Waals surface area (Å²) in [4.78, 5) is 0. The molecule has 1 aliphatic carbocycles. The third-order valence-electron chi connectivity index (χ3n) is 3.48. The van der Waals surface area contributed by atoms with Gasteiger partial charge in [-0.3, -0.25) is 0 Å². The Morgan fingerprint density at radius 2 is 2.12 bits per heavy atom. The Hall–Kier alpha value is -0.340. The SMILES string of the molecule is CCCNC(CCC1CC1)c1ccccc1Br. The molecule has 1 N–H and O–H groups in total. The minimum atomic E-state index is 0.520. The summed E-state index contributed by atoms with van der Waals surface area (Å²) in [5.74, 6) is 1.02. The van der Waals surface area contributed by atoms with Crippen LogP contribution in [-0.4, -0.2) is 6.54 Å². The monoisotopic (exact) mass is 295 g/mol. The van der Waals surface area contributed by atoms with Crippen LogP contribution in [0.3, 0.4) is 0 Å². The maximum atomic E-state index is 3.68. The third kappa shape index (κ3) is 4.11. The van der Waals surface area contributed by atoms with Gasteiger partial charge in [-0.2, -0.15) is 0 Å². The summed E-state index contributed by atoms with van der Waals surface area (Å²) in [6.07, 6.45) is 6.76. The summed E-state index contributed by atoms with van der Waals surface area (Å²) in [5, 5.41) is 3.68. The van der Waals surface area contributed by atoms with Crippen LogP contribution in [0.5, 0.6) is 0 Å². The Morgan fingerprint density at radius 3 is 2.76 bits per heavy atom. The molecule has 0 heterocycles. The molecule has 1 atom stereocenters. The lowest BCUT2D eigenvalue weighted by atomic mass is 10.0. The lowest BCUT2D eigenvalue weighted by Gasteiger charge is -2.20. The zero-order chi connectivity index (χ0) is 12.1. The van der Waals surface area contributed by atoms with Crippen LogP contribution in [0.2, 0.25) is 0 Å². The van der Waals surface area contributed by atoms with Crippen molar-refractivity contribution in [2.45, 2.75) is 45.1 Å². The van der Waals surface area contributed by atoms with Crippen molar-refractivity contribution in [1.82, 2.24) is 5.32 Å². The van der Waals surface area contributed by atoms with Gasteiger partial charge in [0, 0.05) is 10.5 Å². The smallest absolute Gasteiger partial charge is 0.0331 e. The molecular formula is C15H22BrN. The molecule has 0 radical (unpaired) electrons. The molecule has 0 amide bonds. The molecule has 1 fully saturated rings. The average molecular weight is 296 g/mol. The molecule has 17 heavy (non-hydrogen) atoms. The van der Waals surface area contributed by atoms with E-state index in [0.29, 0.717) is 6.04 Å². The molecule has 0 spiro atoms. The summed E-state index contributed by atoms with van der Waals surface area (Å²) < 4.78 is 1.24. The molecule has 94 valence electrons. The van der Waals surface area contributed by atoms with Crippen molar-refractivity contribution in [3.63, 3.8) is 0 Å². The lowest BCUT2D eigenvalue weighted by Crippen LogP contribution is -2.22. The van der Waals surface area contributed by atoms with Gasteiger partial charge in [0.2, 0.25) is 0 Å². The van der Waals surface area contributed by atoms with E-state index in [1.807, 2.05) is 0 Å². The van der Waals surface area contributed by atoms with Gasteiger partial charge in [0.1, 0.15) is 0 Å². The maximum absolute atomic E-state index is 3.68. The molecule has 0 aliphatic heterocycles. The summed E-state index contributed by atoms with van der Waals surface area (Å²) in [6, 6.07) is 9.13. The van der Waals surface area contributed by atoms with Crippen molar-refractivity contribution < 1.29 is 0 Å². The molecule has 0 bridgehead atoms. The van der Waals surface area contributed by atoms with E-state index in [1.54, 1.807) is 0 Å². The second-order valence-electron chi connectivity index (χ2n) is 5.05. The second kappa shape index (κ2) is 6.55. The first-order chi connectivity index (χ1) is 8.31. The Bertz CT molecular complexity index is 347. The van der Waals surface area contributed by atoms with Crippen molar-refractivity contribution in [1.29, 1.82) is 0 Å². The molecule has 1 saturated carbocycles. The van der Waals surface area contributed by atoms with Crippen molar-refractivity contribution >= 4 is 15.9 Å². The van der Waals surface area contributed by atoms with Gasteiger partial charge >= 0.3 is 0 Å². The van der Waals surface area contributed by atoms with Crippen molar-refractivity contribution in [3.05, 3.63) is 34.3 Å². The van der Waals surface area contributed by atoms with Crippen LogP contribution in [0.1, 0.15) is 50.6 Å². The van der Waals surface area contributed by atoms with Crippen LogP contribution in [0.15, 0.2) is 28.7 Å². The van der Waals surface area contributed by atoms with E-state index in [4.69, 9.17) is 0 Å². The van der Waals surface area contributed by atoms with Gasteiger partial charge in [-0.25, -0.2) is 0 Å². The van der Waals surface area contributed by atoms with Gasteiger partial charge < -0.3 is 5.32 Å². The fraction of sp³-hybridized carbons (Fsp3) is 0.600. The highest BCUT2D eigenvalue weighted by Gasteiger charge is 2.23. The zero-order valence-electron chi connectivity index (χ0n) is 10.6. The van der Waals surface area contributed by atoms with Crippen molar-refractivity contribution in [2.24, 2.45) is 5.92 Å². The van der Waals surface area contributed by atoms with Crippen molar-refractivity contribution in [2.75, 3.05) is 6.54 Å². The van der Waals surface area contributed by atoms with Crippen LogP contribution >= 0.6 is 15.9 Å². The second-order valence-corrected chi connectivity index (χ2v) is 5.90. The fourth-order valence-corrected chi connectivity index (χ4v) is 2.81. The van der Waals surface area contributed by atoms with Gasteiger partial charge in [0.05, 0.1) is 0 Å². The molecule has 2 rings (SSSR count). The summed E-state index contributed by atoms with van der Waals surface area (Å²) in [5.41, 5.74) is 1.42. The van der Waals surface area contributed by atoms with Crippen LogP contribution in [0.25, 0.3) is 0 Å². The fourth-order valence-electron chi connectivity index (χ4n) is 2.25. The molecule has 0 saturated heterocycles. The van der Waals surface area contributed by atoms with E-state index in [2.05, 4.69) is 52.4 Å². The standard InChI is InChI=1S/C15H22BrN/c1-2-11-17-15(10-9-12-7-8-12)13-5-3-4-6-14(13)16/h3-6,12,15,17H,2,7-11H2,1H3. The molecule has 1 aromatic carbocycles. The maximum Gasteiger partial charge on any atom is 0.0331 e. The molecule has 1 nitrogen and oxygen atoms in total. The first-order valence-corrected chi connectivity index (χ1v) is 7.58. The van der Waals surface area contributed by atoms with E-state index < -0.39 is 0 Å². The summed E-state index contributed by atoms with van der Waals surface area (Å²) >= 11 is 3.67. The quantitative estimate of drug-likeness (QED) is 0.770. The highest BCUT2D eigenvalue weighted by molar-refractivity contribution is 9.10. The van der Waals surface area contributed by atoms with E-state index in [9.17, 15) is 0 Å². The normalized spacial score (nSPS) is 17.1. The highest BCUT2D eigenvalue weighted by Crippen LogP contribution is 2.36. The number of hydrogen-bond donors (Lipinski definition) is 1. The molecular weight excluding hydrogens is 274 g/mol. The van der Waals surface area contributed by atoms with Crippen LogP contribution in [0.4, 0.5) is 0 Å². The molecule has 1 aromatic rings. The third-order valence-corrected chi connectivity index (χ3v) is 4.20. The predicted molar refractivity (Wildman–Crippen MR) is 77.1 cm³/mol. The minimum Gasteiger partial charge on any atom is -0.310 e. The molecule has 0 aromatic heterocycles. The zero-order valence-corrected chi connectivity index (χ0v) is 12.2. The van der Waals surface area contributed by atoms with E-state index >= 15 is 0 Å². The largest absolute Gasteiger partial charge is 0.310 e. The predicted octanol–water partition coefficient (Wildman–Crippen LogP) is 4.68. The van der Waals surface area contributed by atoms with Gasteiger partial charge in [-0.05, 0) is 43.4 Å². The van der Waals surface area contributed by atoms with Gasteiger partial charge in [0.15, 0.2) is 0 Å². The Kier molecular flexibility index (Phi) is 5.05. The average Bonchev–Trinajstić information content (AvgIpc) is 3.15. The Balaban J connectivity index is 1.99. The van der Waals surface area contributed by atoms with Gasteiger partial charge in [-0.1, -0.05) is 53.9 Å². The number of halogens is 1. The highest BCUT2D eigenvalue weighted by atomic mass is 79.9. The van der Waals surface area contributed by atoms with Crippen molar-refractivity contribution in [3.8, 4) is 0 Å². The summed E-state index contributed by atoms with van der Waals surface area (Å²) in [7, 11) is 0. The van der Waals surface area contributed by atoms with Crippen LogP contribution in [0, 0.1) is 5.92 Å². The van der Waals surface area contributed by atoms with Gasteiger partial charge in [-0.15, -0.1) is 0 Å². The lowest BCUT2D eigenvalue weighted by molar-refractivity contribution is 0.469. The first-order valence-electron chi connectivity index (χ1n) is 6.79. The Morgan fingerprint density at radius 1 is 1.35 bits per heavy atom. The topological polar surface area (TPSA) is 12.0 Å². The molecule has 1 unspecified atom stereocenters.